The van der Waals surface area contributed by atoms with Crippen LogP contribution in [0.1, 0.15) is 0 Å². The highest BCUT2D eigenvalue weighted by molar-refractivity contribution is 9.10. The molecule has 0 atom stereocenters. The quantitative estimate of drug-likeness (QED) is 0.703. The summed E-state index contributed by atoms with van der Waals surface area (Å²) in [4.78, 5) is 4.49. The number of para-hydroxylation sites is 2. The van der Waals surface area contributed by atoms with E-state index in [1.807, 2.05) is 36.4 Å². The predicted molar refractivity (Wildman–Crippen MR) is 112 cm³/mol. The number of hydrogen-bond donors (Lipinski definition) is 1. The van der Waals surface area contributed by atoms with Gasteiger partial charge in [-0.2, -0.15) is 0 Å². The Balaban J connectivity index is 1.61. The van der Waals surface area contributed by atoms with Crippen molar-refractivity contribution < 1.29 is 4.74 Å². The molecule has 3 rings (SSSR count). The Labute approximate surface area is 166 Å². The molecule has 0 aliphatic carbocycles. The average Bonchev–Trinajstić information content (AvgIpc) is 2.64. The van der Waals surface area contributed by atoms with E-state index in [1.165, 1.54) is 0 Å². The van der Waals surface area contributed by atoms with Gasteiger partial charge in [0.05, 0.1) is 23.5 Å². The van der Waals surface area contributed by atoms with Crippen LogP contribution >= 0.6 is 39.7 Å². The number of halogens is 2. The van der Waals surface area contributed by atoms with Crippen molar-refractivity contribution in [3.8, 4) is 5.75 Å². The zero-order valence-corrected chi connectivity index (χ0v) is 17.0. The SMILES string of the molecule is COc1ccccc1N1CCN(C(=S)Nc2ccc(Br)cc2Cl)CC1. The summed E-state index contributed by atoms with van der Waals surface area (Å²) in [6, 6.07) is 13.8. The van der Waals surface area contributed by atoms with Crippen LogP contribution in [0.3, 0.4) is 0 Å². The largest absolute Gasteiger partial charge is 0.495 e. The van der Waals surface area contributed by atoms with Crippen LogP contribution in [0, 0.1) is 0 Å². The lowest BCUT2D eigenvalue weighted by atomic mass is 10.2. The lowest BCUT2D eigenvalue weighted by Gasteiger charge is -2.37. The van der Waals surface area contributed by atoms with E-state index < -0.39 is 0 Å². The van der Waals surface area contributed by atoms with Gasteiger partial charge < -0.3 is 19.9 Å². The lowest BCUT2D eigenvalue weighted by molar-refractivity contribution is 0.382. The Morgan fingerprint density at radius 3 is 2.56 bits per heavy atom. The van der Waals surface area contributed by atoms with Gasteiger partial charge in [-0.1, -0.05) is 39.7 Å². The summed E-state index contributed by atoms with van der Waals surface area (Å²) in [5.74, 6) is 0.901. The molecule has 1 heterocycles. The molecule has 25 heavy (non-hydrogen) atoms. The highest BCUT2D eigenvalue weighted by atomic mass is 79.9. The second-order valence-corrected chi connectivity index (χ2v) is 7.41. The third kappa shape index (κ3) is 4.37. The molecule has 2 aromatic rings. The first-order valence-corrected chi connectivity index (χ1v) is 9.55. The first-order chi connectivity index (χ1) is 12.1. The maximum atomic E-state index is 6.26. The van der Waals surface area contributed by atoms with Crippen molar-refractivity contribution in [2.45, 2.75) is 0 Å². The molecule has 0 bridgehead atoms. The fourth-order valence-electron chi connectivity index (χ4n) is 2.83. The smallest absolute Gasteiger partial charge is 0.173 e. The van der Waals surface area contributed by atoms with Gasteiger partial charge in [-0.05, 0) is 42.5 Å². The van der Waals surface area contributed by atoms with Gasteiger partial charge in [0.15, 0.2) is 5.11 Å². The van der Waals surface area contributed by atoms with E-state index in [0.29, 0.717) is 10.1 Å². The van der Waals surface area contributed by atoms with Gasteiger partial charge >= 0.3 is 0 Å². The molecule has 1 N–H and O–H groups in total. The van der Waals surface area contributed by atoms with Crippen LogP contribution in [0.15, 0.2) is 46.9 Å². The first kappa shape index (κ1) is 18.3. The Morgan fingerprint density at radius 2 is 1.88 bits per heavy atom. The predicted octanol–water partition coefficient (Wildman–Crippen LogP) is 4.63. The molecule has 4 nitrogen and oxygen atoms in total. The van der Waals surface area contributed by atoms with Crippen LogP contribution in [0.5, 0.6) is 5.75 Å². The highest BCUT2D eigenvalue weighted by Crippen LogP contribution is 2.29. The minimum Gasteiger partial charge on any atom is -0.495 e. The molecule has 0 unspecified atom stereocenters. The molecule has 0 spiro atoms. The minimum atomic E-state index is 0.643. The van der Waals surface area contributed by atoms with Crippen LogP contribution < -0.4 is 15.0 Å². The van der Waals surface area contributed by atoms with Crippen molar-refractivity contribution in [1.82, 2.24) is 4.90 Å². The third-order valence-electron chi connectivity index (χ3n) is 4.17. The van der Waals surface area contributed by atoms with Crippen molar-refractivity contribution in [1.29, 1.82) is 0 Å². The summed E-state index contributed by atoms with van der Waals surface area (Å²) in [6.07, 6.45) is 0. The Kier molecular flexibility index (Phi) is 6.04. The Morgan fingerprint density at radius 1 is 1.16 bits per heavy atom. The molecule has 1 fully saturated rings. The molecule has 1 aliphatic rings. The summed E-state index contributed by atoms with van der Waals surface area (Å²) in [5.41, 5.74) is 1.95. The van der Waals surface area contributed by atoms with E-state index in [1.54, 1.807) is 7.11 Å². The van der Waals surface area contributed by atoms with Gasteiger partial charge in [0.1, 0.15) is 5.75 Å². The number of piperazine rings is 1. The summed E-state index contributed by atoms with van der Waals surface area (Å²) in [7, 11) is 1.70. The zero-order valence-electron chi connectivity index (χ0n) is 13.8. The Bertz CT molecular complexity index is 766. The molecule has 1 aliphatic heterocycles. The summed E-state index contributed by atoms with van der Waals surface area (Å²) in [5, 5.41) is 4.59. The van der Waals surface area contributed by atoms with Gasteiger partial charge in [0, 0.05) is 30.7 Å². The number of hydrogen-bond acceptors (Lipinski definition) is 3. The zero-order chi connectivity index (χ0) is 17.8. The number of thiocarbonyl (C=S) groups is 1. The van der Waals surface area contributed by atoms with E-state index in [4.69, 9.17) is 28.6 Å². The fraction of sp³-hybridized carbons (Fsp3) is 0.278. The van der Waals surface area contributed by atoms with Gasteiger partial charge in [-0.15, -0.1) is 0 Å². The van der Waals surface area contributed by atoms with E-state index in [-0.39, 0.29) is 0 Å². The Hall–Kier alpha value is -1.50. The van der Waals surface area contributed by atoms with Gasteiger partial charge in [0.2, 0.25) is 0 Å². The van der Waals surface area contributed by atoms with Crippen LogP contribution in [0.2, 0.25) is 5.02 Å². The van der Waals surface area contributed by atoms with Crippen LogP contribution in [-0.2, 0) is 0 Å². The van der Waals surface area contributed by atoms with Crippen molar-refractivity contribution >= 4 is 56.2 Å². The third-order valence-corrected chi connectivity index (χ3v) is 5.33. The maximum Gasteiger partial charge on any atom is 0.173 e. The topological polar surface area (TPSA) is 27.7 Å². The number of anilines is 2. The number of nitrogens with zero attached hydrogens (tertiary/aromatic N) is 2. The number of ether oxygens (including phenoxy) is 1. The van der Waals surface area contributed by atoms with Crippen molar-refractivity contribution in [3.63, 3.8) is 0 Å². The average molecular weight is 441 g/mol. The number of rotatable bonds is 3. The summed E-state index contributed by atoms with van der Waals surface area (Å²) >= 11 is 15.2. The number of nitrogens with one attached hydrogen (secondary N) is 1. The van der Waals surface area contributed by atoms with Crippen LogP contribution in [0.4, 0.5) is 11.4 Å². The van der Waals surface area contributed by atoms with Crippen LogP contribution in [0.25, 0.3) is 0 Å². The maximum absolute atomic E-state index is 6.26. The van der Waals surface area contributed by atoms with Crippen molar-refractivity contribution in [2.24, 2.45) is 0 Å². The lowest BCUT2D eigenvalue weighted by Crippen LogP contribution is -2.50. The first-order valence-electron chi connectivity index (χ1n) is 7.97. The molecule has 0 amide bonds. The van der Waals surface area contributed by atoms with E-state index >= 15 is 0 Å². The van der Waals surface area contributed by atoms with Gasteiger partial charge in [-0.25, -0.2) is 0 Å². The van der Waals surface area contributed by atoms with Gasteiger partial charge in [0.25, 0.3) is 0 Å². The summed E-state index contributed by atoms with van der Waals surface area (Å²) in [6.45, 7) is 3.46. The monoisotopic (exact) mass is 439 g/mol. The minimum absolute atomic E-state index is 0.643. The normalized spacial score (nSPS) is 14.4. The van der Waals surface area contributed by atoms with Crippen LogP contribution in [-0.4, -0.2) is 43.3 Å². The number of methoxy groups -OCH3 is 1. The van der Waals surface area contributed by atoms with Crippen molar-refractivity contribution in [2.75, 3.05) is 43.5 Å². The second kappa shape index (κ2) is 8.25. The van der Waals surface area contributed by atoms with Gasteiger partial charge in [-0.3, -0.25) is 0 Å². The van der Waals surface area contributed by atoms with E-state index in [9.17, 15) is 0 Å². The molecule has 132 valence electrons. The van der Waals surface area contributed by atoms with Crippen molar-refractivity contribution in [3.05, 3.63) is 52.0 Å². The molecule has 0 aromatic heterocycles. The summed E-state index contributed by atoms with van der Waals surface area (Å²) < 4.78 is 6.41. The standard InChI is InChI=1S/C18H19BrClN3OS/c1-24-17-5-3-2-4-16(17)22-8-10-23(11-9-22)18(25)21-15-7-6-13(19)12-14(15)20/h2-7,12H,8-11H2,1H3,(H,21,25). The van der Waals surface area contributed by atoms with E-state index in [2.05, 4.69) is 37.1 Å². The highest BCUT2D eigenvalue weighted by Gasteiger charge is 2.21. The number of benzene rings is 2. The molecule has 7 heteroatoms. The van der Waals surface area contributed by atoms with E-state index in [0.717, 1.165) is 47.8 Å². The molecule has 2 aromatic carbocycles. The molecular formula is C18H19BrClN3OS. The molecule has 0 saturated carbocycles. The fourth-order valence-corrected chi connectivity index (χ4v) is 3.84. The molecular weight excluding hydrogens is 422 g/mol. The molecule has 0 radical (unpaired) electrons. The second-order valence-electron chi connectivity index (χ2n) is 5.70. The molecule has 1 saturated heterocycles.